The van der Waals surface area contributed by atoms with Gasteiger partial charge in [-0.1, -0.05) is 12.8 Å². The minimum atomic E-state index is -0.742. The van der Waals surface area contributed by atoms with Crippen molar-refractivity contribution in [2.75, 3.05) is 13.6 Å². The van der Waals surface area contributed by atoms with Crippen LogP contribution in [0.25, 0.3) is 0 Å². The molecule has 0 aromatic carbocycles. The van der Waals surface area contributed by atoms with Crippen molar-refractivity contribution in [2.24, 2.45) is 11.8 Å². The molecule has 3 rings (SSSR count). The molecule has 20 heavy (non-hydrogen) atoms. The molecule has 1 saturated carbocycles. The maximum atomic E-state index is 12.6. The van der Waals surface area contributed by atoms with E-state index in [9.17, 15) is 14.7 Å². The molecule has 3 unspecified atom stereocenters. The average molecular weight is 280 g/mol. The molecule has 0 radical (unpaired) electrons. The lowest BCUT2D eigenvalue weighted by Gasteiger charge is -2.30. The Hall–Kier alpha value is -1.26. The van der Waals surface area contributed by atoms with Crippen LogP contribution >= 0.6 is 0 Å². The van der Waals surface area contributed by atoms with E-state index >= 15 is 0 Å². The third-order valence-corrected chi connectivity index (χ3v) is 5.41. The van der Waals surface area contributed by atoms with E-state index in [4.69, 9.17) is 0 Å². The first-order chi connectivity index (χ1) is 9.58. The number of carbonyl (C=O) groups is 2. The number of carboxylic acid groups (broad SMARTS) is 1. The quantitative estimate of drug-likeness (QED) is 0.862. The van der Waals surface area contributed by atoms with Crippen LogP contribution in [0.15, 0.2) is 0 Å². The number of fused-ring (bicyclic) bond motifs is 2. The van der Waals surface area contributed by atoms with E-state index in [0.29, 0.717) is 12.3 Å². The molecule has 2 saturated heterocycles. The first kappa shape index (κ1) is 13.7. The van der Waals surface area contributed by atoms with Crippen LogP contribution in [-0.4, -0.2) is 52.6 Å². The third-order valence-electron chi connectivity index (χ3n) is 5.41. The maximum Gasteiger partial charge on any atom is 0.320 e. The summed E-state index contributed by atoms with van der Waals surface area (Å²) in [6.45, 7) is 0.826. The number of nitrogens with zero attached hydrogens (tertiary/aromatic N) is 2. The molecule has 0 aromatic heterocycles. The molecule has 2 bridgehead atoms. The second-order valence-corrected chi connectivity index (χ2v) is 6.70. The van der Waals surface area contributed by atoms with Crippen LogP contribution in [0.3, 0.4) is 0 Å². The van der Waals surface area contributed by atoms with Crippen LogP contribution in [0, 0.1) is 11.8 Å². The molecule has 3 atom stereocenters. The van der Waals surface area contributed by atoms with Crippen molar-refractivity contribution in [1.29, 1.82) is 0 Å². The zero-order valence-corrected chi connectivity index (χ0v) is 12.1. The molecule has 2 aliphatic heterocycles. The first-order valence-corrected chi connectivity index (χ1v) is 7.84. The lowest BCUT2D eigenvalue weighted by Crippen LogP contribution is -2.46. The van der Waals surface area contributed by atoms with Gasteiger partial charge < -0.3 is 14.9 Å². The van der Waals surface area contributed by atoms with Crippen LogP contribution in [0.5, 0.6) is 0 Å². The van der Waals surface area contributed by atoms with Crippen molar-refractivity contribution < 1.29 is 14.7 Å². The van der Waals surface area contributed by atoms with Gasteiger partial charge in [0.15, 0.2) is 0 Å². The van der Waals surface area contributed by atoms with Crippen LogP contribution < -0.4 is 0 Å². The van der Waals surface area contributed by atoms with Gasteiger partial charge in [-0.3, -0.25) is 4.79 Å². The maximum absolute atomic E-state index is 12.6. The molecule has 2 heterocycles. The van der Waals surface area contributed by atoms with Gasteiger partial charge in [0.05, 0.1) is 5.92 Å². The second-order valence-electron chi connectivity index (χ2n) is 6.70. The predicted molar refractivity (Wildman–Crippen MR) is 74.4 cm³/mol. The molecule has 2 amide bonds. The number of hydrogen-bond donors (Lipinski definition) is 1. The molecule has 3 aliphatic rings. The monoisotopic (exact) mass is 280 g/mol. The van der Waals surface area contributed by atoms with Crippen molar-refractivity contribution in [2.45, 2.75) is 57.0 Å². The first-order valence-electron chi connectivity index (χ1n) is 7.84. The molecular weight excluding hydrogens is 256 g/mol. The Morgan fingerprint density at radius 1 is 1.20 bits per heavy atom. The minimum absolute atomic E-state index is 0.0492. The van der Waals surface area contributed by atoms with Gasteiger partial charge in [-0.25, -0.2) is 4.79 Å². The summed E-state index contributed by atoms with van der Waals surface area (Å²) in [6.07, 6.45) is 7.47. The molecule has 1 aliphatic carbocycles. The van der Waals surface area contributed by atoms with E-state index in [-0.39, 0.29) is 24.0 Å². The van der Waals surface area contributed by atoms with Gasteiger partial charge in [0.1, 0.15) is 0 Å². The molecule has 112 valence electrons. The number of hydrogen-bond acceptors (Lipinski definition) is 2. The summed E-state index contributed by atoms with van der Waals surface area (Å²) in [5.74, 6) is -0.453. The van der Waals surface area contributed by atoms with Gasteiger partial charge in [0, 0.05) is 25.7 Å². The van der Waals surface area contributed by atoms with Gasteiger partial charge in [-0.2, -0.15) is 0 Å². The summed E-state index contributed by atoms with van der Waals surface area (Å²) in [7, 11) is 1.87. The number of carbonyl (C=O) groups excluding carboxylic acids is 1. The fraction of sp³-hybridized carbons (Fsp3) is 0.867. The van der Waals surface area contributed by atoms with Gasteiger partial charge in [0.2, 0.25) is 0 Å². The Morgan fingerprint density at radius 3 is 2.50 bits per heavy atom. The Kier molecular flexibility index (Phi) is 3.61. The number of carboxylic acids is 1. The molecule has 0 spiro atoms. The number of urea groups is 1. The van der Waals surface area contributed by atoms with E-state index in [0.717, 1.165) is 19.4 Å². The second kappa shape index (κ2) is 5.26. The zero-order valence-electron chi connectivity index (χ0n) is 12.1. The van der Waals surface area contributed by atoms with Crippen LogP contribution in [0.1, 0.15) is 44.9 Å². The van der Waals surface area contributed by atoms with Crippen LogP contribution in [0.4, 0.5) is 4.79 Å². The number of aliphatic carboxylic acids is 1. The van der Waals surface area contributed by atoms with Gasteiger partial charge in [0.25, 0.3) is 0 Å². The fourth-order valence-electron chi connectivity index (χ4n) is 4.41. The van der Waals surface area contributed by atoms with Crippen LogP contribution in [0.2, 0.25) is 0 Å². The highest BCUT2D eigenvalue weighted by molar-refractivity contribution is 5.79. The summed E-state index contributed by atoms with van der Waals surface area (Å²) >= 11 is 0. The van der Waals surface area contributed by atoms with Crippen molar-refractivity contribution in [1.82, 2.24) is 9.80 Å². The lowest BCUT2D eigenvalue weighted by atomic mass is 9.89. The van der Waals surface area contributed by atoms with E-state index in [1.165, 1.54) is 25.7 Å². The highest BCUT2D eigenvalue weighted by atomic mass is 16.4. The standard InChI is InChI=1S/C15H24N2O3/c1-16(9-10-4-2-3-5-10)15(20)17-11-6-7-13(17)12(8-11)14(18)19/h10-13H,2-9H2,1H3,(H,18,19). The highest BCUT2D eigenvalue weighted by Crippen LogP contribution is 2.42. The summed E-state index contributed by atoms with van der Waals surface area (Å²) in [5.41, 5.74) is 0. The van der Waals surface area contributed by atoms with Crippen molar-refractivity contribution >= 4 is 12.0 Å². The number of rotatable bonds is 3. The number of amides is 2. The average Bonchev–Trinajstić information content (AvgIpc) is 3.12. The Balaban J connectivity index is 1.63. The highest BCUT2D eigenvalue weighted by Gasteiger charge is 2.52. The zero-order chi connectivity index (χ0) is 14.3. The third kappa shape index (κ3) is 2.27. The Bertz CT molecular complexity index is 406. The van der Waals surface area contributed by atoms with Gasteiger partial charge in [-0.05, 0) is 38.0 Å². The molecule has 3 fully saturated rings. The summed E-state index contributed by atoms with van der Waals surface area (Å²) in [5, 5.41) is 9.25. The molecule has 1 N–H and O–H groups in total. The molecule has 0 aromatic rings. The fourth-order valence-corrected chi connectivity index (χ4v) is 4.41. The largest absolute Gasteiger partial charge is 0.481 e. The normalized spacial score (nSPS) is 32.9. The van der Waals surface area contributed by atoms with E-state index in [2.05, 4.69) is 0 Å². The topological polar surface area (TPSA) is 60.9 Å². The predicted octanol–water partition coefficient (Wildman–Crippen LogP) is 2.17. The van der Waals surface area contributed by atoms with Crippen LogP contribution in [-0.2, 0) is 4.79 Å². The van der Waals surface area contributed by atoms with Crippen molar-refractivity contribution in [3.05, 3.63) is 0 Å². The summed E-state index contributed by atoms with van der Waals surface area (Å²) < 4.78 is 0. The van der Waals surface area contributed by atoms with E-state index < -0.39 is 5.97 Å². The van der Waals surface area contributed by atoms with Crippen molar-refractivity contribution in [3.63, 3.8) is 0 Å². The molecule has 5 heteroatoms. The Labute approximate surface area is 119 Å². The van der Waals surface area contributed by atoms with E-state index in [1.807, 2.05) is 16.8 Å². The minimum Gasteiger partial charge on any atom is -0.481 e. The van der Waals surface area contributed by atoms with Crippen molar-refractivity contribution in [3.8, 4) is 0 Å². The summed E-state index contributed by atoms with van der Waals surface area (Å²) in [6, 6.07) is 0.129. The van der Waals surface area contributed by atoms with E-state index in [1.54, 1.807) is 0 Å². The smallest absolute Gasteiger partial charge is 0.320 e. The van der Waals surface area contributed by atoms with Gasteiger partial charge in [-0.15, -0.1) is 0 Å². The molecular formula is C15H24N2O3. The molecule has 5 nitrogen and oxygen atoms in total. The van der Waals surface area contributed by atoms with Gasteiger partial charge >= 0.3 is 12.0 Å². The SMILES string of the molecule is CN(CC1CCCC1)C(=O)N1C2CCC1C(C(=O)O)C2. The lowest BCUT2D eigenvalue weighted by molar-refractivity contribution is -0.142. The summed E-state index contributed by atoms with van der Waals surface area (Å²) in [4.78, 5) is 27.6. The Morgan fingerprint density at radius 2 is 1.90 bits per heavy atom.